The Labute approximate surface area is 198 Å². The summed E-state index contributed by atoms with van der Waals surface area (Å²) in [6.45, 7) is 3.96. The van der Waals surface area contributed by atoms with Gasteiger partial charge in [0.05, 0.1) is 13.2 Å². The van der Waals surface area contributed by atoms with Crippen molar-refractivity contribution in [3.8, 4) is 11.5 Å². The normalized spacial score (nSPS) is 23.1. The average Bonchev–Trinajstić information content (AvgIpc) is 2.80. The molecule has 3 atom stereocenters. The molecule has 0 aromatic heterocycles. The van der Waals surface area contributed by atoms with E-state index in [9.17, 15) is 4.79 Å². The van der Waals surface area contributed by atoms with E-state index in [4.69, 9.17) is 21.7 Å². The van der Waals surface area contributed by atoms with Gasteiger partial charge in [-0.15, -0.1) is 0 Å². The SMILES string of the molecule is COc1ccc(NC(=O)[C@H]2[C@H]3NC(=S)N(c4ccccc4C)[C@@]2(C)Oc2ccccc23)cc1. The zero-order valence-corrected chi connectivity index (χ0v) is 19.5. The highest BCUT2D eigenvalue weighted by atomic mass is 32.1. The Bertz CT molecular complexity index is 1230. The van der Waals surface area contributed by atoms with Gasteiger partial charge in [-0.2, -0.15) is 0 Å². The number of thiocarbonyl (C=S) groups is 1. The molecule has 2 N–H and O–H groups in total. The van der Waals surface area contributed by atoms with Crippen LogP contribution in [0.5, 0.6) is 11.5 Å². The van der Waals surface area contributed by atoms with Gasteiger partial charge in [-0.3, -0.25) is 9.69 Å². The lowest BCUT2D eigenvalue weighted by molar-refractivity contribution is -0.130. The molecule has 0 radical (unpaired) electrons. The second kappa shape index (κ2) is 8.08. The van der Waals surface area contributed by atoms with E-state index in [1.165, 1.54) is 0 Å². The van der Waals surface area contributed by atoms with E-state index in [2.05, 4.69) is 10.6 Å². The minimum absolute atomic E-state index is 0.157. The van der Waals surface area contributed by atoms with E-state index in [0.29, 0.717) is 10.8 Å². The number of ether oxygens (including phenoxy) is 2. The minimum Gasteiger partial charge on any atom is -0.497 e. The number of methoxy groups -OCH3 is 1. The summed E-state index contributed by atoms with van der Waals surface area (Å²) in [4.78, 5) is 15.7. The fourth-order valence-corrected chi connectivity index (χ4v) is 5.21. The highest BCUT2D eigenvalue weighted by Gasteiger charge is 2.59. The van der Waals surface area contributed by atoms with E-state index in [-0.39, 0.29) is 11.9 Å². The number of carbonyl (C=O) groups is 1. The average molecular weight is 460 g/mol. The number of amides is 1. The van der Waals surface area contributed by atoms with Crippen LogP contribution in [0.2, 0.25) is 0 Å². The predicted molar refractivity (Wildman–Crippen MR) is 133 cm³/mol. The Balaban J connectivity index is 1.60. The molecule has 0 spiro atoms. The van der Waals surface area contributed by atoms with E-state index >= 15 is 0 Å². The van der Waals surface area contributed by atoms with Crippen molar-refractivity contribution in [1.82, 2.24) is 5.32 Å². The van der Waals surface area contributed by atoms with Gasteiger partial charge in [0.15, 0.2) is 10.8 Å². The van der Waals surface area contributed by atoms with Gasteiger partial charge < -0.3 is 20.1 Å². The molecule has 0 aliphatic carbocycles. The molecule has 2 aliphatic heterocycles. The lowest BCUT2D eigenvalue weighted by atomic mass is 9.78. The van der Waals surface area contributed by atoms with Gasteiger partial charge >= 0.3 is 0 Å². The number of rotatable bonds is 4. The van der Waals surface area contributed by atoms with Crippen molar-refractivity contribution in [2.45, 2.75) is 25.6 Å². The summed E-state index contributed by atoms with van der Waals surface area (Å²) in [5.74, 6) is 0.730. The van der Waals surface area contributed by atoms with Crippen LogP contribution >= 0.6 is 12.2 Å². The smallest absolute Gasteiger partial charge is 0.236 e. The number of fused-ring (bicyclic) bond motifs is 4. The zero-order valence-electron chi connectivity index (χ0n) is 18.7. The highest BCUT2D eigenvalue weighted by Crippen LogP contribution is 2.50. The lowest BCUT2D eigenvalue weighted by Gasteiger charge is -2.56. The van der Waals surface area contributed by atoms with Crippen molar-refractivity contribution in [2.75, 3.05) is 17.3 Å². The van der Waals surface area contributed by atoms with E-state index in [1.807, 2.05) is 91.5 Å². The summed E-state index contributed by atoms with van der Waals surface area (Å²) >= 11 is 5.81. The number of para-hydroxylation sites is 2. The molecule has 33 heavy (non-hydrogen) atoms. The molecule has 5 rings (SSSR count). The van der Waals surface area contributed by atoms with Crippen molar-refractivity contribution in [3.63, 3.8) is 0 Å². The van der Waals surface area contributed by atoms with E-state index in [1.54, 1.807) is 7.11 Å². The predicted octanol–water partition coefficient (Wildman–Crippen LogP) is 4.80. The first-order valence-electron chi connectivity index (χ1n) is 10.8. The Morgan fingerprint density at radius 2 is 1.79 bits per heavy atom. The first-order valence-corrected chi connectivity index (χ1v) is 11.2. The monoisotopic (exact) mass is 459 g/mol. The maximum Gasteiger partial charge on any atom is 0.236 e. The molecule has 2 aliphatic rings. The molecule has 6 nitrogen and oxygen atoms in total. The number of nitrogens with one attached hydrogen (secondary N) is 2. The van der Waals surface area contributed by atoms with Crippen LogP contribution in [0.15, 0.2) is 72.8 Å². The highest BCUT2D eigenvalue weighted by molar-refractivity contribution is 7.80. The molecule has 168 valence electrons. The molecule has 2 bridgehead atoms. The van der Waals surface area contributed by atoms with Gasteiger partial charge in [-0.25, -0.2) is 0 Å². The Morgan fingerprint density at radius 1 is 1.09 bits per heavy atom. The van der Waals surface area contributed by atoms with Crippen LogP contribution in [0.25, 0.3) is 0 Å². The molecule has 7 heteroatoms. The fraction of sp³-hybridized carbons (Fsp3) is 0.231. The summed E-state index contributed by atoms with van der Waals surface area (Å²) in [6.07, 6.45) is 0. The van der Waals surface area contributed by atoms with Gasteiger partial charge in [0, 0.05) is 16.9 Å². The number of nitrogens with zero attached hydrogens (tertiary/aromatic N) is 1. The van der Waals surface area contributed by atoms with Crippen LogP contribution in [0, 0.1) is 12.8 Å². The van der Waals surface area contributed by atoms with Crippen LogP contribution in [0.3, 0.4) is 0 Å². The first kappa shape index (κ1) is 21.3. The molecule has 0 unspecified atom stereocenters. The van der Waals surface area contributed by atoms with Crippen LogP contribution < -0.4 is 25.0 Å². The zero-order chi connectivity index (χ0) is 23.2. The molecule has 1 saturated heterocycles. The van der Waals surface area contributed by atoms with Crippen molar-refractivity contribution < 1.29 is 14.3 Å². The lowest BCUT2D eigenvalue weighted by Crippen LogP contribution is -2.72. The van der Waals surface area contributed by atoms with Crippen molar-refractivity contribution in [2.24, 2.45) is 5.92 Å². The fourth-order valence-electron chi connectivity index (χ4n) is 4.80. The van der Waals surface area contributed by atoms with Crippen molar-refractivity contribution in [1.29, 1.82) is 0 Å². The molecule has 0 saturated carbocycles. The maximum atomic E-state index is 13.8. The van der Waals surface area contributed by atoms with Gasteiger partial charge in [0.25, 0.3) is 0 Å². The van der Waals surface area contributed by atoms with Crippen LogP contribution in [-0.2, 0) is 4.79 Å². The van der Waals surface area contributed by atoms with Gasteiger partial charge in [-0.1, -0.05) is 36.4 Å². The third-order valence-corrected chi connectivity index (χ3v) is 6.70. The van der Waals surface area contributed by atoms with Crippen molar-refractivity contribution >= 4 is 34.6 Å². The maximum absolute atomic E-state index is 13.8. The first-order chi connectivity index (χ1) is 15.9. The summed E-state index contributed by atoms with van der Waals surface area (Å²) in [6, 6.07) is 22.7. The van der Waals surface area contributed by atoms with Crippen molar-refractivity contribution in [3.05, 3.63) is 83.9 Å². The largest absolute Gasteiger partial charge is 0.497 e. The molecule has 3 aromatic carbocycles. The van der Waals surface area contributed by atoms with Crippen LogP contribution in [0.1, 0.15) is 24.1 Å². The van der Waals surface area contributed by atoms with Gasteiger partial charge in [0.2, 0.25) is 5.91 Å². The Kier molecular flexibility index (Phi) is 5.21. The summed E-state index contributed by atoms with van der Waals surface area (Å²) < 4.78 is 11.8. The van der Waals surface area contributed by atoms with Crippen LogP contribution in [0.4, 0.5) is 11.4 Å². The standard InChI is InChI=1S/C26H25N3O3S/c1-16-8-4-6-10-20(16)29-25(33)28-23-19-9-5-7-11-21(19)32-26(29,2)22(23)24(30)27-17-12-14-18(31-3)15-13-17/h4-15,22-23H,1-3H3,(H,27,30)(H,28,33)/t22-,23+,26+/m1/s1. The summed E-state index contributed by atoms with van der Waals surface area (Å²) in [5, 5.41) is 7.03. The second-order valence-corrected chi connectivity index (χ2v) is 8.83. The second-order valence-electron chi connectivity index (χ2n) is 8.44. The van der Waals surface area contributed by atoms with Gasteiger partial charge in [0.1, 0.15) is 17.4 Å². The third kappa shape index (κ3) is 3.49. The number of carbonyl (C=O) groups excluding carboxylic acids is 1. The topological polar surface area (TPSA) is 62.8 Å². The van der Waals surface area contributed by atoms with E-state index in [0.717, 1.165) is 28.3 Å². The Hall–Kier alpha value is -3.58. The number of benzene rings is 3. The quantitative estimate of drug-likeness (QED) is 0.547. The summed E-state index contributed by atoms with van der Waals surface area (Å²) in [5.41, 5.74) is 2.50. The van der Waals surface area contributed by atoms with E-state index < -0.39 is 11.6 Å². The minimum atomic E-state index is -1.04. The number of hydrogen-bond acceptors (Lipinski definition) is 4. The number of aryl methyl sites for hydroxylation is 1. The Morgan fingerprint density at radius 3 is 2.52 bits per heavy atom. The summed E-state index contributed by atoms with van der Waals surface area (Å²) in [7, 11) is 1.61. The third-order valence-electron chi connectivity index (χ3n) is 6.40. The molecule has 1 fully saturated rings. The molecular formula is C26H25N3O3S. The molecule has 2 heterocycles. The molecular weight excluding hydrogens is 434 g/mol. The number of hydrogen-bond donors (Lipinski definition) is 2. The molecule has 1 amide bonds. The van der Waals surface area contributed by atoms with Crippen LogP contribution in [-0.4, -0.2) is 23.9 Å². The molecule has 3 aromatic rings. The van der Waals surface area contributed by atoms with Gasteiger partial charge in [-0.05, 0) is 68.0 Å². The number of anilines is 2.